The van der Waals surface area contributed by atoms with Gasteiger partial charge in [-0.05, 0) is 86.8 Å². The van der Waals surface area contributed by atoms with Gasteiger partial charge in [-0.25, -0.2) is 0 Å². The maximum Gasteiger partial charge on any atom is 0.185 e. The summed E-state index contributed by atoms with van der Waals surface area (Å²) in [5.41, 5.74) is 3.49. The summed E-state index contributed by atoms with van der Waals surface area (Å²) in [6.07, 6.45) is 5.91. The van der Waals surface area contributed by atoms with Crippen molar-refractivity contribution in [2.24, 2.45) is 0 Å². The molecule has 0 unspecified atom stereocenters. The van der Waals surface area contributed by atoms with E-state index in [4.69, 9.17) is 16.3 Å². The highest BCUT2D eigenvalue weighted by atomic mass is 35.5. The van der Waals surface area contributed by atoms with Crippen LogP contribution in [0.4, 0.5) is 0 Å². The summed E-state index contributed by atoms with van der Waals surface area (Å²) < 4.78 is 6.02. The number of ether oxygens (including phenoxy) is 1. The number of halogens is 1. The number of likely N-dealkylation sites (tertiary alicyclic amines) is 1. The van der Waals surface area contributed by atoms with Gasteiger partial charge < -0.3 is 4.74 Å². The van der Waals surface area contributed by atoms with Gasteiger partial charge in [0.1, 0.15) is 12.4 Å². The van der Waals surface area contributed by atoms with Gasteiger partial charge in [-0.3, -0.25) is 9.69 Å². The lowest BCUT2D eigenvalue weighted by atomic mass is 10.0. The lowest BCUT2D eigenvalue weighted by Gasteiger charge is -2.17. The minimum absolute atomic E-state index is 0.0373. The molecule has 27 heavy (non-hydrogen) atoms. The van der Waals surface area contributed by atoms with Crippen molar-refractivity contribution in [3.8, 4) is 5.75 Å². The average molecular weight is 384 g/mol. The Bertz CT molecular complexity index is 815. The quantitative estimate of drug-likeness (QED) is 0.478. The van der Waals surface area contributed by atoms with Crippen LogP contribution in [0.25, 0.3) is 6.08 Å². The van der Waals surface area contributed by atoms with Gasteiger partial charge in [-0.15, -0.1) is 0 Å². The maximum absolute atomic E-state index is 12.6. The van der Waals surface area contributed by atoms with Crippen LogP contribution in [-0.2, 0) is 0 Å². The normalized spacial score (nSPS) is 14.8. The van der Waals surface area contributed by atoms with Crippen molar-refractivity contribution < 1.29 is 9.53 Å². The predicted octanol–water partition coefficient (Wildman–Crippen LogP) is 5.33. The molecule has 1 aliphatic heterocycles. The van der Waals surface area contributed by atoms with Crippen LogP contribution in [-0.4, -0.2) is 36.9 Å². The third-order valence-corrected chi connectivity index (χ3v) is 5.26. The second-order valence-electron chi connectivity index (χ2n) is 7.06. The highest BCUT2D eigenvalue weighted by Gasteiger charge is 2.13. The third-order valence-electron chi connectivity index (χ3n) is 4.92. The SMILES string of the molecule is Cc1cc(C(=O)C=Cc2ccccc2Cl)cc(C)c1OCCN1CCCC1. The molecular weight excluding hydrogens is 358 g/mol. The first kappa shape index (κ1) is 19.7. The van der Waals surface area contributed by atoms with Gasteiger partial charge in [-0.2, -0.15) is 0 Å². The van der Waals surface area contributed by atoms with Crippen molar-refractivity contribution in [1.29, 1.82) is 0 Å². The number of benzene rings is 2. The van der Waals surface area contributed by atoms with E-state index >= 15 is 0 Å². The lowest BCUT2D eigenvalue weighted by molar-refractivity contribution is 0.104. The zero-order chi connectivity index (χ0) is 19.2. The van der Waals surface area contributed by atoms with Crippen LogP contribution in [0.5, 0.6) is 5.75 Å². The Morgan fingerprint density at radius 1 is 1.15 bits per heavy atom. The van der Waals surface area contributed by atoms with Gasteiger partial charge in [0.25, 0.3) is 0 Å². The van der Waals surface area contributed by atoms with Crippen LogP contribution in [0, 0.1) is 13.8 Å². The minimum atomic E-state index is -0.0373. The Kier molecular flexibility index (Phi) is 6.70. The van der Waals surface area contributed by atoms with Gasteiger partial charge in [0.2, 0.25) is 0 Å². The number of allylic oxidation sites excluding steroid dienone is 1. The summed E-state index contributed by atoms with van der Waals surface area (Å²) in [5.74, 6) is 0.852. The molecule has 0 amide bonds. The summed E-state index contributed by atoms with van der Waals surface area (Å²) >= 11 is 6.14. The van der Waals surface area contributed by atoms with Crippen molar-refractivity contribution in [2.75, 3.05) is 26.2 Å². The molecule has 3 nitrogen and oxygen atoms in total. The number of carbonyl (C=O) groups excluding carboxylic acids is 1. The minimum Gasteiger partial charge on any atom is -0.492 e. The molecule has 0 saturated carbocycles. The molecule has 0 radical (unpaired) electrons. The van der Waals surface area contributed by atoms with E-state index in [1.165, 1.54) is 25.9 Å². The molecule has 2 aromatic rings. The molecule has 4 heteroatoms. The van der Waals surface area contributed by atoms with Crippen LogP contribution < -0.4 is 4.74 Å². The van der Waals surface area contributed by atoms with E-state index in [0.29, 0.717) is 17.2 Å². The molecule has 3 rings (SSSR count). The monoisotopic (exact) mass is 383 g/mol. The van der Waals surface area contributed by atoms with Gasteiger partial charge >= 0.3 is 0 Å². The standard InChI is InChI=1S/C23H26ClNO2/c1-17-15-20(22(26)10-9-19-7-3-4-8-21(19)24)16-18(2)23(17)27-14-13-25-11-5-6-12-25/h3-4,7-10,15-16H,5-6,11-14H2,1-2H3. The second-order valence-corrected chi connectivity index (χ2v) is 7.46. The largest absolute Gasteiger partial charge is 0.492 e. The van der Waals surface area contributed by atoms with Crippen molar-refractivity contribution in [3.63, 3.8) is 0 Å². The molecule has 0 aliphatic carbocycles. The molecule has 1 fully saturated rings. The summed E-state index contributed by atoms with van der Waals surface area (Å²) in [5, 5.41) is 0.635. The lowest BCUT2D eigenvalue weighted by Crippen LogP contribution is -2.25. The fraction of sp³-hybridized carbons (Fsp3) is 0.348. The molecule has 0 spiro atoms. The first-order valence-corrected chi connectivity index (χ1v) is 9.86. The van der Waals surface area contributed by atoms with Crippen LogP contribution in [0.15, 0.2) is 42.5 Å². The Hall–Kier alpha value is -2.10. The zero-order valence-corrected chi connectivity index (χ0v) is 16.8. The topological polar surface area (TPSA) is 29.5 Å². The molecule has 1 saturated heterocycles. The van der Waals surface area contributed by atoms with Crippen molar-refractivity contribution in [2.45, 2.75) is 26.7 Å². The Balaban J connectivity index is 1.66. The molecule has 142 valence electrons. The third kappa shape index (κ3) is 5.21. The van der Waals surface area contributed by atoms with Crippen molar-refractivity contribution in [3.05, 3.63) is 69.8 Å². The van der Waals surface area contributed by atoms with Gasteiger partial charge in [0.05, 0.1) is 0 Å². The molecule has 1 heterocycles. The summed E-state index contributed by atoms with van der Waals surface area (Å²) in [7, 11) is 0. The number of hydrogen-bond donors (Lipinski definition) is 0. The molecule has 1 aliphatic rings. The van der Waals surface area contributed by atoms with Crippen molar-refractivity contribution >= 4 is 23.5 Å². The Labute approximate surface area is 166 Å². The zero-order valence-electron chi connectivity index (χ0n) is 16.0. The number of ketones is 1. The van der Waals surface area contributed by atoms with E-state index in [1.54, 1.807) is 12.2 Å². The van der Waals surface area contributed by atoms with E-state index in [0.717, 1.165) is 29.0 Å². The van der Waals surface area contributed by atoms with Crippen LogP contribution in [0.1, 0.15) is 39.9 Å². The van der Waals surface area contributed by atoms with E-state index in [1.807, 2.05) is 50.2 Å². The molecular formula is C23H26ClNO2. The predicted molar refractivity (Wildman–Crippen MR) is 112 cm³/mol. The van der Waals surface area contributed by atoms with Gasteiger partial charge in [-0.1, -0.05) is 29.8 Å². The Morgan fingerprint density at radius 3 is 2.48 bits per heavy atom. The number of rotatable bonds is 7. The van der Waals surface area contributed by atoms with Gasteiger partial charge in [0.15, 0.2) is 5.78 Å². The van der Waals surface area contributed by atoms with Crippen LogP contribution >= 0.6 is 11.6 Å². The summed E-state index contributed by atoms with van der Waals surface area (Å²) in [6, 6.07) is 11.3. The smallest absolute Gasteiger partial charge is 0.185 e. The van der Waals surface area contributed by atoms with E-state index in [-0.39, 0.29) is 5.78 Å². The highest BCUT2D eigenvalue weighted by molar-refractivity contribution is 6.32. The fourth-order valence-corrected chi connectivity index (χ4v) is 3.67. The molecule has 0 bridgehead atoms. The maximum atomic E-state index is 12.6. The Morgan fingerprint density at radius 2 is 1.81 bits per heavy atom. The second kappa shape index (κ2) is 9.20. The number of aryl methyl sites for hydroxylation is 2. The first-order valence-electron chi connectivity index (χ1n) is 9.48. The van der Waals surface area contributed by atoms with Crippen LogP contribution in [0.2, 0.25) is 5.02 Å². The number of carbonyl (C=O) groups is 1. The molecule has 0 atom stereocenters. The highest BCUT2D eigenvalue weighted by Crippen LogP contribution is 2.26. The number of nitrogens with zero attached hydrogens (tertiary/aromatic N) is 1. The number of hydrogen-bond acceptors (Lipinski definition) is 3. The molecule has 2 aromatic carbocycles. The molecule has 0 N–H and O–H groups in total. The summed E-state index contributed by atoms with van der Waals surface area (Å²) in [4.78, 5) is 15.0. The first-order chi connectivity index (χ1) is 13.0. The van der Waals surface area contributed by atoms with E-state index in [2.05, 4.69) is 4.90 Å². The van der Waals surface area contributed by atoms with E-state index in [9.17, 15) is 4.79 Å². The average Bonchev–Trinajstić information content (AvgIpc) is 3.16. The van der Waals surface area contributed by atoms with Crippen molar-refractivity contribution in [1.82, 2.24) is 4.90 Å². The summed E-state index contributed by atoms with van der Waals surface area (Å²) in [6.45, 7) is 7.97. The molecule has 0 aromatic heterocycles. The fourth-order valence-electron chi connectivity index (χ4n) is 3.48. The van der Waals surface area contributed by atoms with E-state index < -0.39 is 0 Å². The van der Waals surface area contributed by atoms with Gasteiger partial charge in [0, 0.05) is 17.1 Å². The van der Waals surface area contributed by atoms with Crippen LogP contribution in [0.3, 0.4) is 0 Å².